The molecular weight excluding hydrogens is 358 g/mol. The predicted molar refractivity (Wildman–Crippen MR) is 99.2 cm³/mol. The molecule has 0 aromatic heterocycles. The van der Waals surface area contributed by atoms with Crippen molar-refractivity contribution >= 4 is 34.8 Å². The van der Waals surface area contributed by atoms with Gasteiger partial charge >= 0.3 is 5.69 Å². The fourth-order valence-corrected chi connectivity index (χ4v) is 2.40. The maximum atomic E-state index is 12.3. The number of benzene rings is 2. The van der Waals surface area contributed by atoms with Crippen LogP contribution in [0.15, 0.2) is 42.5 Å². The highest BCUT2D eigenvalue weighted by Gasteiger charge is 2.23. The zero-order chi connectivity index (χ0) is 19.3. The van der Waals surface area contributed by atoms with Gasteiger partial charge in [0.2, 0.25) is 5.91 Å². The molecule has 0 saturated heterocycles. The second-order valence-corrected chi connectivity index (χ2v) is 6.32. The van der Waals surface area contributed by atoms with E-state index in [-0.39, 0.29) is 29.0 Å². The molecule has 2 aromatic rings. The largest absolute Gasteiger partial charge is 0.348 e. The van der Waals surface area contributed by atoms with E-state index in [9.17, 15) is 19.7 Å². The van der Waals surface area contributed by atoms with E-state index in [1.807, 2.05) is 0 Å². The standard InChI is InChI=1S/C18H18ClN3O4/c1-11(2)17(23)21-13-8-6-12(7-9-13)10-20-18(24)14-4-3-5-15(19)16(14)22(25)26/h3-9,11H,10H2,1-2H3,(H,20,24)(H,21,23). The molecule has 7 nitrogen and oxygen atoms in total. The van der Waals surface area contributed by atoms with Crippen LogP contribution in [0.4, 0.5) is 11.4 Å². The molecule has 0 saturated carbocycles. The van der Waals surface area contributed by atoms with Crippen LogP contribution < -0.4 is 10.6 Å². The van der Waals surface area contributed by atoms with Gasteiger partial charge in [0.25, 0.3) is 5.91 Å². The van der Waals surface area contributed by atoms with Crippen molar-refractivity contribution in [3.63, 3.8) is 0 Å². The first-order chi connectivity index (χ1) is 12.3. The molecular formula is C18H18ClN3O4. The minimum Gasteiger partial charge on any atom is -0.348 e. The zero-order valence-electron chi connectivity index (χ0n) is 14.3. The molecule has 0 aliphatic rings. The summed E-state index contributed by atoms with van der Waals surface area (Å²) in [4.78, 5) is 34.3. The maximum absolute atomic E-state index is 12.3. The number of anilines is 1. The monoisotopic (exact) mass is 375 g/mol. The minimum atomic E-state index is -0.677. The van der Waals surface area contributed by atoms with E-state index in [1.165, 1.54) is 18.2 Å². The van der Waals surface area contributed by atoms with E-state index >= 15 is 0 Å². The number of nitro groups is 1. The van der Waals surface area contributed by atoms with Crippen LogP contribution >= 0.6 is 11.6 Å². The number of hydrogen-bond acceptors (Lipinski definition) is 4. The van der Waals surface area contributed by atoms with Gasteiger partial charge in [-0.2, -0.15) is 0 Å². The highest BCUT2D eigenvalue weighted by Crippen LogP contribution is 2.28. The third-order valence-electron chi connectivity index (χ3n) is 3.61. The van der Waals surface area contributed by atoms with Crippen molar-refractivity contribution in [3.8, 4) is 0 Å². The number of rotatable bonds is 6. The molecule has 0 bridgehead atoms. The lowest BCUT2D eigenvalue weighted by molar-refractivity contribution is -0.385. The van der Waals surface area contributed by atoms with Gasteiger partial charge in [-0.1, -0.05) is 43.6 Å². The normalized spacial score (nSPS) is 10.5. The van der Waals surface area contributed by atoms with E-state index in [1.54, 1.807) is 38.1 Å². The lowest BCUT2D eigenvalue weighted by atomic mass is 10.1. The Morgan fingerprint density at radius 2 is 1.81 bits per heavy atom. The Morgan fingerprint density at radius 1 is 1.15 bits per heavy atom. The van der Waals surface area contributed by atoms with Gasteiger partial charge in [0.15, 0.2) is 0 Å². The number of nitrogens with one attached hydrogen (secondary N) is 2. The van der Waals surface area contributed by atoms with Crippen LogP contribution in [0.1, 0.15) is 29.8 Å². The third kappa shape index (κ3) is 4.80. The van der Waals surface area contributed by atoms with Crippen molar-refractivity contribution in [2.45, 2.75) is 20.4 Å². The van der Waals surface area contributed by atoms with Gasteiger partial charge < -0.3 is 10.6 Å². The molecule has 0 aliphatic heterocycles. The predicted octanol–water partition coefficient (Wildman–Crippen LogP) is 3.77. The van der Waals surface area contributed by atoms with E-state index in [2.05, 4.69) is 10.6 Å². The van der Waals surface area contributed by atoms with Crippen LogP contribution in [-0.2, 0) is 11.3 Å². The Bertz CT molecular complexity index is 835. The summed E-state index contributed by atoms with van der Waals surface area (Å²) in [6.07, 6.45) is 0. The lowest BCUT2D eigenvalue weighted by Gasteiger charge is -2.09. The number of carbonyl (C=O) groups excluding carboxylic acids is 2. The van der Waals surface area contributed by atoms with Crippen LogP contribution in [0.5, 0.6) is 0 Å². The molecule has 0 radical (unpaired) electrons. The van der Waals surface area contributed by atoms with Crippen molar-refractivity contribution in [2.24, 2.45) is 5.92 Å². The highest BCUT2D eigenvalue weighted by molar-refractivity contribution is 6.33. The van der Waals surface area contributed by atoms with Gasteiger partial charge in [0, 0.05) is 18.2 Å². The molecule has 0 unspecified atom stereocenters. The summed E-state index contributed by atoms with van der Waals surface area (Å²) in [7, 11) is 0. The van der Waals surface area contributed by atoms with Crippen LogP contribution in [0.25, 0.3) is 0 Å². The Balaban J connectivity index is 2.03. The molecule has 2 amide bonds. The number of halogens is 1. The van der Waals surface area contributed by atoms with Crippen LogP contribution in [0, 0.1) is 16.0 Å². The number of nitrogens with zero attached hydrogens (tertiary/aromatic N) is 1. The van der Waals surface area contributed by atoms with E-state index in [4.69, 9.17) is 11.6 Å². The summed E-state index contributed by atoms with van der Waals surface area (Å²) >= 11 is 5.81. The van der Waals surface area contributed by atoms with E-state index < -0.39 is 16.5 Å². The highest BCUT2D eigenvalue weighted by atomic mass is 35.5. The Hall–Kier alpha value is -2.93. The number of amides is 2. The molecule has 0 heterocycles. The summed E-state index contributed by atoms with van der Waals surface area (Å²) in [5.41, 5.74) is 0.927. The SMILES string of the molecule is CC(C)C(=O)Nc1ccc(CNC(=O)c2cccc(Cl)c2[N+](=O)[O-])cc1. The molecule has 0 atom stereocenters. The smallest absolute Gasteiger partial charge is 0.300 e. The van der Waals surface area contributed by atoms with E-state index in [0.29, 0.717) is 5.69 Å². The van der Waals surface area contributed by atoms with E-state index in [0.717, 1.165) is 5.56 Å². The van der Waals surface area contributed by atoms with Crippen molar-refractivity contribution in [1.29, 1.82) is 0 Å². The number of para-hydroxylation sites is 1. The van der Waals surface area contributed by atoms with Gasteiger partial charge in [-0.15, -0.1) is 0 Å². The molecule has 136 valence electrons. The third-order valence-corrected chi connectivity index (χ3v) is 3.92. The van der Waals surface area contributed by atoms with Gasteiger partial charge in [0.1, 0.15) is 10.6 Å². The van der Waals surface area contributed by atoms with Crippen molar-refractivity contribution in [2.75, 3.05) is 5.32 Å². The summed E-state index contributed by atoms with van der Waals surface area (Å²) in [5, 5.41) is 16.4. The van der Waals surface area contributed by atoms with Crippen LogP contribution in [0.3, 0.4) is 0 Å². The van der Waals surface area contributed by atoms with Gasteiger partial charge in [-0.25, -0.2) is 0 Å². The maximum Gasteiger partial charge on any atom is 0.300 e. The summed E-state index contributed by atoms with van der Waals surface area (Å²) in [5.74, 6) is -0.793. The molecule has 2 aromatic carbocycles. The van der Waals surface area contributed by atoms with Crippen LogP contribution in [0.2, 0.25) is 5.02 Å². The molecule has 0 aliphatic carbocycles. The Labute approximate surface area is 155 Å². The lowest BCUT2D eigenvalue weighted by Crippen LogP contribution is -2.23. The topological polar surface area (TPSA) is 101 Å². The van der Waals surface area contributed by atoms with Crippen molar-refractivity contribution in [1.82, 2.24) is 5.32 Å². The molecule has 8 heteroatoms. The first-order valence-electron chi connectivity index (χ1n) is 7.90. The van der Waals surface area contributed by atoms with Gasteiger partial charge in [-0.05, 0) is 29.8 Å². The Morgan fingerprint density at radius 3 is 2.38 bits per heavy atom. The number of carbonyl (C=O) groups is 2. The van der Waals surface area contributed by atoms with Crippen molar-refractivity contribution in [3.05, 3.63) is 68.7 Å². The molecule has 0 spiro atoms. The van der Waals surface area contributed by atoms with Gasteiger partial charge in [-0.3, -0.25) is 19.7 Å². The van der Waals surface area contributed by atoms with Crippen molar-refractivity contribution < 1.29 is 14.5 Å². The zero-order valence-corrected chi connectivity index (χ0v) is 15.0. The second kappa shape index (κ2) is 8.44. The molecule has 0 fully saturated rings. The molecule has 2 N–H and O–H groups in total. The second-order valence-electron chi connectivity index (χ2n) is 5.92. The number of nitro benzene ring substituents is 1. The Kier molecular flexibility index (Phi) is 6.30. The average molecular weight is 376 g/mol. The summed E-state index contributed by atoms with van der Waals surface area (Å²) in [6.45, 7) is 3.78. The van der Waals surface area contributed by atoms with Crippen LogP contribution in [-0.4, -0.2) is 16.7 Å². The number of hydrogen-bond donors (Lipinski definition) is 2. The minimum absolute atomic E-state index is 0.0840. The summed E-state index contributed by atoms with van der Waals surface area (Å²) < 4.78 is 0. The first-order valence-corrected chi connectivity index (χ1v) is 8.28. The molecule has 26 heavy (non-hydrogen) atoms. The van der Waals surface area contributed by atoms with Gasteiger partial charge in [0.05, 0.1) is 4.92 Å². The first kappa shape index (κ1) is 19.4. The average Bonchev–Trinajstić information content (AvgIpc) is 2.60. The fraction of sp³-hybridized carbons (Fsp3) is 0.222. The quantitative estimate of drug-likeness (QED) is 0.592. The summed E-state index contributed by atoms with van der Waals surface area (Å²) in [6, 6.07) is 11.2. The molecule has 2 rings (SSSR count). The fourth-order valence-electron chi connectivity index (χ4n) is 2.15.